The first-order chi connectivity index (χ1) is 17.8. The van der Waals surface area contributed by atoms with E-state index in [1.165, 1.54) is 48.6 Å². The highest BCUT2D eigenvalue weighted by Crippen LogP contribution is 2.25. The Kier molecular flexibility index (Phi) is 7.92. The fourth-order valence-electron chi connectivity index (χ4n) is 3.46. The van der Waals surface area contributed by atoms with E-state index in [9.17, 15) is 23.3 Å². The smallest absolute Gasteiger partial charge is 0.269 e. The predicted molar refractivity (Wildman–Crippen MR) is 140 cm³/mol. The van der Waals surface area contributed by atoms with Crippen LogP contribution in [-0.4, -0.2) is 25.8 Å². The molecule has 4 aromatic rings. The second-order valence-corrected chi connectivity index (χ2v) is 9.75. The molecule has 0 spiro atoms. The lowest BCUT2D eigenvalue weighted by atomic mass is 10.1. The molecule has 0 aliphatic rings. The number of sulfonamides is 1. The van der Waals surface area contributed by atoms with Gasteiger partial charge in [-0.15, -0.1) is 0 Å². The van der Waals surface area contributed by atoms with E-state index in [2.05, 4.69) is 10.0 Å². The normalized spacial score (nSPS) is 11.5. The second-order valence-electron chi connectivity index (χ2n) is 7.99. The number of carbonyl (C=O) groups is 1. The molecule has 0 atom stereocenters. The van der Waals surface area contributed by atoms with Gasteiger partial charge < -0.3 is 9.73 Å². The lowest BCUT2D eigenvalue weighted by Crippen LogP contribution is -2.26. The van der Waals surface area contributed by atoms with Crippen LogP contribution in [0.1, 0.15) is 11.3 Å². The van der Waals surface area contributed by atoms with Crippen LogP contribution in [-0.2, 0) is 21.2 Å². The number of amides is 1. The molecule has 1 aromatic heterocycles. The predicted octanol–water partition coefficient (Wildman–Crippen LogP) is 5.03. The summed E-state index contributed by atoms with van der Waals surface area (Å²) in [5.41, 5.74) is 2.12. The first-order valence-corrected chi connectivity index (χ1v) is 12.8. The molecule has 0 saturated heterocycles. The van der Waals surface area contributed by atoms with Crippen LogP contribution in [0.4, 0.5) is 11.4 Å². The molecule has 2 N–H and O–H groups in total. The Morgan fingerprint density at radius 2 is 1.62 bits per heavy atom. The van der Waals surface area contributed by atoms with Gasteiger partial charge in [-0.05, 0) is 66.6 Å². The van der Waals surface area contributed by atoms with Gasteiger partial charge >= 0.3 is 0 Å². The number of nitro benzene ring substituents is 1. The molecule has 0 saturated carbocycles. The minimum Gasteiger partial charge on any atom is -0.457 e. The number of rotatable bonds is 10. The highest BCUT2D eigenvalue weighted by Gasteiger charge is 2.13. The molecule has 10 heteroatoms. The molecule has 4 rings (SSSR count). The maximum absolute atomic E-state index is 12.5. The van der Waals surface area contributed by atoms with E-state index in [1.54, 1.807) is 24.3 Å². The lowest BCUT2D eigenvalue weighted by molar-refractivity contribution is -0.384. The maximum atomic E-state index is 12.5. The lowest BCUT2D eigenvalue weighted by Gasteiger charge is -2.08. The second kappa shape index (κ2) is 11.5. The summed E-state index contributed by atoms with van der Waals surface area (Å²) in [7, 11) is -3.67. The van der Waals surface area contributed by atoms with Crippen LogP contribution in [0.15, 0.2) is 106 Å². The molecular weight excluding hydrogens is 494 g/mol. The summed E-state index contributed by atoms with van der Waals surface area (Å²) in [5.74, 6) is 0.500. The zero-order valence-electron chi connectivity index (χ0n) is 19.5. The minimum absolute atomic E-state index is 0.0166. The standard InChI is InChI=1S/C27H23N3O6S/c31-27(17-13-24-12-16-26(36-24)21-6-10-23(11-7-21)30(32)33)29-22-8-14-25(15-9-22)37(34,35)28-19-18-20-4-2-1-3-5-20/h1-17,28H,18-19H2,(H,29,31)/b17-13+. The number of nitro groups is 1. The van der Waals surface area contributed by atoms with Crippen molar-refractivity contribution in [2.75, 3.05) is 11.9 Å². The van der Waals surface area contributed by atoms with Crippen molar-refractivity contribution in [1.82, 2.24) is 4.72 Å². The number of hydrogen-bond acceptors (Lipinski definition) is 6. The van der Waals surface area contributed by atoms with Crippen LogP contribution >= 0.6 is 0 Å². The van der Waals surface area contributed by atoms with Crippen LogP contribution in [0.3, 0.4) is 0 Å². The summed E-state index contributed by atoms with van der Waals surface area (Å²) in [4.78, 5) is 22.7. The zero-order valence-corrected chi connectivity index (χ0v) is 20.4. The third-order valence-corrected chi connectivity index (χ3v) is 6.85. The van der Waals surface area contributed by atoms with Crippen LogP contribution < -0.4 is 10.0 Å². The number of non-ortho nitro benzene ring substituents is 1. The zero-order chi connectivity index (χ0) is 26.3. The average molecular weight is 518 g/mol. The molecule has 0 unspecified atom stereocenters. The van der Waals surface area contributed by atoms with E-state index in [0.717, 1.165) is 5.56 Å². The van der Waals surface area contributed by atoms with Gasteiger partial charge in [-0.1, -0.05) is 30.3 Å². The third kappa shape index (κ3) is 7.00. The molecule has 1 heterocycles. The van der Waals surface area contributed by atoms with Gasteiger partial charge in [0.1, 0.15) is 11.5 Å². The third-order valence-electron chi connectivity index (χ3n) is 5.37. The first kappa shape index (κ1) is 25.5. The van der Waals surface area contributed by atoms with Crippen molar-refractivity contribution in [3.63, 3.8) is 0 Å². The van der Waals surface area contributed by atoms with Crippen LogP contribution in [0, 0.1) is 10.1 Å². The van der Waals surface area contributed by atoms with Gasteiger partial charge in [-0.2, -0.15) is 0 Å². The Hall–Kier alpha value is -4.54. The van der Waals surface area contributed by atoms with E-state index in [-0.39, 0.29) is 17.1 Å². The number of furan rings is 1. The molecular formula is C27H23N3O6S. The summed E-state index contributed by atoms with van der Waals surface area (Å²) in [5, 5.41) is 13.4. The van der Waals surface area contributed by atoms with Crippen molar-refractivity contribution in [3.05, 3.63) is 119 Å². The van der Waals surface area contributed by atoms with Crippen LogP contribution in [0.5, 0.6) is 0 Å². The van der Waals surface area contributed by atoms with Gasteiger partial charge in [0.2, 0.25) is 15.9 Å². The number of anilines is 1. The Balaban J connectivity index is 1.30. The van der Waals surface area contributed by atoms with E-state index in [4.69, 9.17) is 4.42 Å². The Morgan fingerprint density at radius 3 is 2.30 bits per heavy atom. The van der Waals surface area contributed by atoms with Gasteiger partial charge in [-0.25, -0.2) is 13.1 Å². The van der Waals surface area contributed by atoms with E-state index >= 15 is 0 Å². The van der Waals surface area contributed by atoms with E-state index < -0.39 is 20.9 Å². The molecule has 0 aliphatic heterocycles. The largest absolute Gasteiger partial charge is 0.457 e. The average Bonchev–Trinajstić information content (AvgIpc) is 3.38. The number of benzene rings is 3. The van der Waals surface area contributed by atoms with Crippen molar-refractivity contribution in [2.24, 2.45) is 0 Å². The Bertz CT molecular complexity index is 1510. The molecule has 0 aliphatic carbocycles. The summed E-state index contributed by atoms with van der Waals surface area (Å²) in [6.45, 7) is 0.272. The van der Waals surface area contributed by atoms with Crippen molar-refractivity contribution < 1.29 is 22.6 Å². The van der Waals surface area contributed by atoms with Gasteiger partial charge in [0, 0.05) is 36.0 Å². The molecule has 0 fully saturated rings. The molecule has 1 amide bonds. The van der Waals surface area contributed by atoms with Gasteiger partial charge in [0.15, 0.2) is 0 Å². The number of hydrogen-bond donors (Lipinski definition) is 2. The SMILES string of the molecule is O=C(/C=C/c1ccc(-c2ccc([N+](=O)[O-])cc2)o1)Nc1ccc(S(=O)(=O)NCCc2ccccc2)cc1. The summed E-state index contributed by atoms with van der Waals surface area (Å²) >= 11 is 0. The quantitative estimate of drug-likeness (QED) is 0.172. The van der Waals surface area contributed by atoms with E-state index in [0.29, 0.717) is 29.2 Å². The highest BCUT2D eigenvalue weighted by atomic mass is 32.2. The van der Waals surface area contributed by atoms with Crippen LogP contribution in [0.25, 0.3) is 17.4 Å². The van der Waals surface area contributed by atoms with Gasteiger partial charge in [0.05, 0.1) is 9.82 Å². The number of carbonyl (C=O) groups excluding carboxylic acids is 1. The fraction of sp³-hybridized carbons (Fsp3) is 0.0741. The minimum atomic E-state index is -3.67. The molecule has 3 aromatic carbocycles. The summed E-state index contributed by atoms with van der Waals surface area (Å²) in [6.07, 6.45) is 3.35. The molecule has 37 heavy (non-hydrogen) atoms. The van der Waals surface area contributed by atoms with Crippen molar-refractivity contribution in [2.45, 2.75) is 11.3 Å². The van der Waals surface area contributed by atoms with Crippen LogP contribution in [0.2, 0.25) is 0 Å². The van der Waals surface area contributed by atoms with Crippen molar-refractivity contribution in [3.8, 4) is 11.3 Å². The number of nitrogens with zero attached hydrogens (tertiary/aromatic N) is 1. The number of nitrogens with one attached hydrogen (secondary N) is 2. The van der Waals surface area contributed by atoms with Gasteiger partial charge in [-0.3, -0.25) is 14.9 Å². The monoisotopic (exact) mass is 517 g/mol. The summed E-state index contributed by atoms with van der Waals surface area (Å²) < 4.78 is 33.3. The topological polar surface area (TPSA) is 132 Å². The van der Waals surface area contributed by atoms with Crippen molar-refractivity contribution in [1.29, 1.82) is 0 Å². The highest BCUT2D eigenvalue weighted by molar-refractivity contribution is 7.89. The first-order valence-electron chi connectivity index (χ1n) is 11.3. The van der Waals surface area contributed by atoms with E-state index in [1.807, 2.05) is 30.3 Å². The molecule has 0 bridgehead atoms. The van der Waals surface area contributed by atoms with Crippen molar-refractivity contribution >= 4 is 33.4 Å². The molecule has 0 radical (unpaired) electrons. The summed E-state index contributed by atoms with van der Waals surface area (Å²) in [6, 6.07) is 24.8. The Labute approximate surface area is 213 Å². The molecule has 9 nitrogen and oxygen atoms in total. The molecule has 188 valence electrons. The Morgan fingerprint density at radius 1 is 0.919 bits per heavy atom. The van der Waals surface area contributed by atoms with Gasteiger partial charge in [0.25, 0.3) is 5.69 Å². The maximum Gasteiger partial charge on any atom is 0.269 e. The fourth-order valence-corrected chi connectivity index (χ4v) is 4.49.